The van der Waals surface area contributed by atoms with Crippen molar-refractivity contribution in [3.63, 3.8) is 0 Å². The molecule has 1 aromatic rings. The van der Waals surface area contributed by atoms with Crippen LogP contribution in [0.15, 0.2) is 47.1 Å². The molecule has 0 saturated carbocycles. The number of benzene rings is 1. The number of amides is 1. The summed E-state index contributed by atoms with van der Waals surface area (Å²) in [6, 6.07) is 6.65. The topological polar surface area (TPSA) is 125 Å². The third-order valence-electron chi connectivity index (χ3n) is 5.66. The minimum atomic E-state index is -1.84. The maximum Gasteiger partial charge on any atom is 0.340 e. The average Bonchev–Trinajstić information content (AvgIpc) is 2.97. The van der Waals surface area contributed by atoms with E-state index >= 15 is 0 Å². The number of Topliss-reactive ketones (excluding diaryl/α,β-unsaturated/α-hetero) is 1. The lowest BCUT2D eigenvalue weighted by Gasteiger charge is -2.38. The second-order valence-electron chi connectivity index (χ2n) is 7.14. The number of anilines is 1. The van der Waals surface area contributed by atoms with E-state index in [9.17, 15) is 19.2 Å². The van der Waals surface area contributed by atoms with E-state index in [2.05, 4.69) is 0 Å². The lowest BCUT2D eigenvalue weighted by molar-refractivity contribution is -0.140. The summed E-state index contributed by atoms with van der Waals surface area (Å²) in [7, 11) is 2.36. The Kier molecular flexibility index (Phi) is 4.60. The fraction of sp³-hybridized carbons (Fsp3) is 0.333. The highest BCUT2D eigenvalue weighted by Gasteiger charge is 2.63. The Morgan fingerprint density at radius 2 is 1.90 bits per heavy atom. The van der Waals surface area contributed by atoms with Crippen LogP contribution in [0.3, 0.4) is 0 Å². The molecule has 1 atom stereocenters. The number of hydrogen-bond donors (Lipinski definition) is 1. The van der Waals surface area contributed by atoms with Crippen molar-refractivity contribution in [1.82, 2.24) is 0 Å². The van der Waals surface area contributed by atoms with Gasteiger partial charge in [0.1, 0.15) is 23.3 Å². The molecular weight excluding hydrogens is 392 g/mol. The van der Waals surface area contributed by atoms with Gasteiger partial charge in [0.05, 0.1) is 19.8 Å². The number of para-hydroxylation sites is 1. The fourth-order valence-electron chi connectivity index (χ4n) is 4.47. The smallest absolute Gasteiger partial charge is 0.340 e. The molecule has 0 bridgehead atoms. The van der Waals surface area contributed by atoms with Gasteiger partial charge in [-0.15, -0.1) is 0 Å². The summed E-state index contributed by atoms with van der Waals surface area (Å²) in [5, 5.41) is 0. The lowest BCUT2D eigenvalue weighted by Crippen LogP contribution is -2.52. The predicted molar refractivity (Wildman–Crippen MR) is 103 cm³/mol. The van der Waals surface area contributed by atoms with Crippen molar-refractivity contribution in [3.8, 4) is 0 Å². The molecule has 4 rings (SSSR count). The van der Waals surface area contributed by atoms with Crippen LogP contribution in [0.25, 0.3) is 0 Å². The number of carbonyl (C=O) groups excluding carboxylic acids is 4. The summed E-state index contributed by atoms with van der Waals surface area (Å²) >= 11 is 0. The van der Waals surface area contributed by atoms with Gasteiger partial charge >= 0.3 is 11.9 Å². The number of rotatable bonds is 3. The molecule has 0 fully saturated rings. The van der Waals surface area contributed by atoms with E-state index < -0.39 is 23.3 Å². The van der Waals surface area contributed by atoms with Crippen molar-refractivity contribution in [2.45, 2.75) is 24.7 Å². The van der Waals surface area contributed by atoms with Crippen LogP contribution >= 0.6 is 0 Å². The summed E-state index contributed by atoms with van der Waals surface area (Å²) in [5.74, 6) is -2.53. The molecule has 9 nitrogen and oxygen atoms in total. The van der Waals surface area contributed by atoms with Gasteiger partial charge in [0.15, 0.2) is 5.78 Å². The van der Waals surface area contributed by atoms with Crippen LogP contribution in [-0.4, -0.2) is 44.4 Å². The van der Waals surface area contributed by atoms with E-state index in [4.69, 9.17) is 19.9 Å². The Balaban J connectivity index is 2.07. The molecule has 0 aromatic heterocycles. The van der Waals surface area contributed by atoms with Crippen LogP contribution in [0.1, 0.15) is 24.8 Å². The summed E-state index contributed by atoms with van der Waals surface area (Å²) in [6.07, 6.45) is 1.13. The normalized spacial score (nSPS) is 22.7. The molecule has 1 aromatic carbocycles. The van der Waals surface area contributed by atoms with Crippen molar-refractivity contribution >= 4 is 29.3 Å². The first-order chi connectivity index (χ1) is 14.4. The van der Waals surface area contributed by atoms with E-state index in [1.54, 1.807) is 24.3 Å². The molecular formula is C21H20N2O7. The van der Waals surface area contributed by atoms with Gasteiger partial charge < -0.3 is 19.9 Å². The maximum absolute atomic E-state index is 13.9. The zero-order chi connectivity index (χ0) is 21.6. The molecule has 2 aliphatic heterocycles. The first kappa shape index (κ1) is 19.7. The standard InChI is InChI=1S/C21H20N2O7/c1-28-15(25)10-23-12-7-4-3-6-11(12)21(20(23)27)16-13(24)8-5-9-14(16)30-18(22)17(21)19(26)29-2/h3-4,6-7H,5,8-10,22H2,1-2H3. The zero-order valence-corrected chi connectivity index (χ0v) is 16.5. The first-order valence-electron chi connectivity index (χ1n) is 9.39. The summed E-state index contributed by atoms with van der Waals surface area (Å²) in [4.78, 5) is 53.1. The number of fused-ring (bicyclic) bond motifs is 3. The van der Waals surface area contributed by atoms with E-state index in [1.165, 1.54) is 12.0 Å². The molecule has 2 N–H and O–H groups in total. The maximum atomic E-state index is 13.9. The van der Waals surface area contributed by atoms with E-state index in [0.29, 0.717) is 24.1 Å². The number of esters is 2. The van der Waals surface area contributed by atoms with Crippen molar-refractivity contribution in [2.75, 3.05) is 25.7 Å². The van der Waals surface area contributed by atoms with Gasteiger partial charge in [-0.3, -0.25) is 19.3 Å². The van der Waals surface area contributed by atoms with Gasteiger partial charge in [0, 0.05) is 24.1 Å². The minimum absolute atomic E-state index is 0.0770. The summed E-state index contributed by atoms with van der Waals surface area (Å²) < 4.78 is 15.3. The van der Waals surface area contributed by atoms with E-state index in [1.807, 2.05) is 0 Å². The Morgan fingerprint density at radius 3 is 2.60 bits per heavy atom. The van der Waals surface area contributed by atoms with Gasteiger partial charge in [0.25, 0.3) is 0 Å². The number of nitrogens with zero attached hydrogens (tertiary/aromatic N) is 1. The molecule has 30 heavy (non-hydrogen) atoms. The molecule has 0 saturated heterocycles. The third kappa shape index (κ3) is 2.47. The highest BCUT2D eigenvalue weighted by molar-refractivity contribution is 6.24. The minimum Gasteiger partial charge on any atom is -0.468 e. The van der Waals surface area contributed by atoms with Crippen LogP contribution in [0.4, 0.5) is 5.69 Å². The second-order valence-corrected chi connectivity index (χ2v) is 7.14. The quantitative estimate of drug-likeness (QED) is 0.724. The highest BCUT2D eigenvalue weighted by Crippen LogP contribution is 2.55. The van der Waals surface area contributed by atoms with Crippen LogP contribution in [0.5, 0.6) is 0 Å². The number of carbonyl (C=O) groups is 4. The van der Waals surface area contributed by atoms with Crippen molar-refractivity contribution in [1.29, 1.82) is 0 Å². The van der Waals surface area contributed by atoms with Crippen LogP contribution < -0.4 is 10.6 Å². The van der Waals surface area contributed by atoms with Gasteiger partial charge in [-0.05, 0) is 12.5 Å². The Labute approximate surface area is 172 Å². The number of nitrogens with two attached hydrogens (primary N) is 1. The number of ketones is 1. The van der Waals surface area contributed by atoms with Gasteiger partial charge in [0.2, 0.25) is 11.8 Å². The molecule has 1 spiro atoms. The number of allylic oxidation sites excluding steroid dienone is 1. The Bertz CT molecular complexity index is 1060. The number of hydrogen-bond acceptors (Lipinski definition) is 8. The largest absolute Gasteiger partial charge is 0.468 e. The second kappa shape index (κ2) is 7.01. The van der Waals surface area contributed by atoms with Crippen molar-refractivity contribution in [2.24, 2.45) is 5.73 Å². The molecule has 1 amide bonds. The first-order valence-corrected chi connectivity index (χ1v) is 9.39. The van der Waals surface area contributed by atoms with E-state index in [-0.39, 0.29) is 41.5 Å². The zero-order valence-electron chi connectivity index (χ0n) is 16.5. The number of methoxy groups -OCH3 is 2. The van der Waals surface area contributed by atoms with E-state index in [0.717, 1.165) is 7.11 Å². The highest BCUT2D eigenvalue weighted by atomic mass is 16.5. The molecule has 3 aliphatic rings. The van der Waals surface area contributed by atoms with Crippen molar-refractivity contribution < 1.29 is 33.4 Å². The summed E-state index contributed by atoms with van der Waals surface area (Å²) in [6.45, 7) is -0.389. The molecule has 0 radical (unpaired) electrons. The SMILES string of the molecule is COC(=O)CN1C(=O)C2(C(C(=O)OC)=C(N)OC3=C2C(=O)CCC3)c2ccccc21. The van der Waals surface area contributed by atoms with Crippen LogP contribution in [0.2, 0.25) is 0 Å². The summed E-state index contributed by atoms with van der Waals surface area (Å²) in [5.41, 5.74) is 4.83. The molecule has 156 valence electrons. The fourth-order valence-corrected chi connectivity index (χ4v) is 4.47. The Hall–Kier alpha value is -3.62. The third-order valence-corrected chi connectivity index (χ3v) is 5.66. The van der Waals surface area contributed by atoms with Crippen LogP contribution in [-0.2, 0) is 38.8 Å². The van der Waals surface area contributed by atoms with Crippen molar-refractivity contribution in [3.05, 3.63) is 52.6 Å². The molecule has 2 heterocycles. The molecule has 1 unspecified atom stereocenters. The molecule has 1 aliphatic carbocycles. The molecule has 9 heteroatoms. The van der Waals surface area contributed by atoms with Gasteiger partial charge in [-0.25, -0.2) is 4.79 Å². The van der Waals surface area contributed by atoms with Gasteiger partial charge in [-0.2, -0.15) is 0 Å². The van der Waals surface area contributed by atoms with Crippen LogP contribution in [0, 0.1) is 0 Å². The predicted octanol–water partition coefficient (Wildman–Crippen LogP) is 0.825. The number of ether oxygens (including phenoxy) is 3. The van der Waals surface area contributed by atoms with Gasteiger partial charge in [-0.1, -0.05) is 18.2 Å². The average molecular weight is 412 g/mol. The monoisotopic (exact) mass is 412 g/mol. The lowest BCUT2D eigenvalue weighted by atomic mass is 9.64. The Morgan fingerprint density at radius 1 is 1.17 bits per heavy atom.